The van der Waals surface area contributed by atoms with Gasteiger partial charge in [0.25, 0.3) is 0 Å². The average molecular weight is 284 g/mol. The van der Waals surface area contributed by atoms with Crippen molar-refractivity contribution >= 4 is 5.69 Å². The van der Waals surface area contributed by atoms with Gasteiger partial charge in [-0.3, -0.25) is 4.68 Å². The van der Waals surface area contributed by atoms with Gasteiger partial charge < -0.3 is 14.8 Å². The third-order valence-electron chi connectivity index (χ3n) is 3.01. The molecule has 6 heteroatoms. The SMILES string of the molecule is OCCn1cc(NCc2coc(-c3ccccc3)n2)cn1. The normalized spacial score (nSPS) is 10.7. The van der Waals surface area contributed by atoms with Gasteiger partial charge in [-0.25, -0.2) is 4.98 Å². The maximum atomic E-state index is 8.84. The molecule has 2 heterocycles. The third-order valence-corrected chi connectivity index (χ3v) is 3.01. The lowest BCUT2D eigenvalue weighted by Gasteiger charge is -1.99. The van der Waals surface area contributed by atoms with Crippen molar-refractivity contribution in [2.45, 2.75) is 13.1 Å². The molecule has 0 aliphatic heterocycles. The molecule has 6 nitrogen and oxygen atoms in total. The van der Waals surface area contributed by atoms with E-state index in [1.165, 1.54) is 0 Å². The molecule has 21 heavy (non-hydrogen) atoms. The Morgan fingerprint density at radius 2 is 2.10 bits per heavy atom. The van der Waals surface area contributed by atoms with Gasteiger partial charge in [-0.2, -0.15) is 5.10 Å². The number of hydrogen-bond acceptors (Lipinski definition) is 5. The minimum Gasteiger partial charge on any atom is -0.444 e. The standard InChI is InChI=1S/C15H16N4O2/c20-7-6-19-10-13(9-17-19)16-8-14-11-21-15(18-14)12-4-2-1-3-5-12/h1-5,9-11,16,20H,6-8H2. The minimum atomic E-state index is 0.0742. The van der Waals surface area contributed by atoms with E-state index in [9.17, 15) is 0 Å². The molecule has 0 atom stereocenters. The van der Waals surface area contributed by atoms with Gasteiger partial charge in [-0.15, -0.1) is 0 Å². The van der Waals surface area contributed by atoms with E-state index in [1.807, 2.05) is 36.5 Å². The van der Waals surface area contributed by atoms with Crippen LogP contribution in [0.1, 0.15) is 5.69 Å². The molecule has 108 valence electrons. The maximum absolute atomic E-state index is 8.84. The Labute approximate surface area is 122 Å². The van der Waals surface area contributed by atoms with E-state index in [1.54, 1.807) is 17.1 Å². The Morgan fingerprint density at radius 3 is 2.90 bits per heavy atom. The van der Waals surface area contributed by atoms with Gasteiger partial charge in [0.15, 0.2) is 0 Å². The van der Waals surface area contributed by atoms with E-state index in [-0.39, 0.29) is 6.61 Å². The molecule has 0 saturated heterocycles. The molecule has 1 aromatic carbocycles. The maximum Gasteiger partial charge on any atom is 0.226 e. The highest BCUT2D eigenvalue weighted by molar-refractivity contribution is 5.52. The quantitative estimate of drug-likeness (QED) is 0.725. The second-order valence-electron chi connectivity index (χ2n) is 4.58. The molecule has 0 aliphatic carbocycles. The largest absolute Gasteiger partial charge is 0.444 e. The van der Waals surface area contributed by atoms with Crippen LogP contribution in [-0.4, -0.2) is 26.5 Å². The summed E-state index contributed by atoms with van der Waals surface area (Å²) < 4.78 is 7.16. The summed E-state index contributed by atoms with van der Waals surface area (Å²) in [6.07, 6.45) is 5.20. The topological polar surface area (TPSA) is 76.1 Å². The predicted molar refractivity (Wildman–Crippen MR) is 78.6 cm³/mol. The lowest BCUT2D eigenvalue weighted by atomic mass is 10.2. The van der Waals surface area contributed by atoms with E-state index in [0.29, 0.717) is 19.0 Å². The Bertz CT molecular complexity index is 691. The van der Waals surface area contributed by atoms with E-state index >= 15 is 0 Å². The number of benzene rings is 1. The molecule has 0 unspecified atom stereocenters. The van der Waals surface area contributed by atoms with Crippen LogP contribution in [0.4, 0.5) is 5.69 Å². The summed E-state index contributed by atoms with van der Waals surface area (Å²) in [5.41, 5.74) is 2.66. The zero-order valence-corrected chi connectivity index (χ0v) is 11.4. The first-order chi connectivity index (χ1) is 10.3. The van der Waals surface area contributed by atoms with Crippen LogP contribution in [0.15, 0.2) is 53.4 Å². The van der Waals surface area contributed by atoms with Crippen LogP contribution >= 0.6 is 0 Å². The van der Waals surface area contributed by atoms with Crippen molar-refractivity contribution in [3.05, 3.63) is 54.7 Å². The molecule has 0 aliphatic rings. The number of rotatable bonds is 6. The van der Waals surface area contributed by atoms with Crippen molar-refractivity contribution in [3.8, 4) is 11.5 Å². The summed E-state index contributed by atoms with van der Waals surface area (Å²) >= 11 is 0. The van der Waals surface area contributed by atoms with Crippen LogP contribution in [0.5, 0.6) is 0 Å². The van der Waals surface area contributed by atoms with Crippen molar-refractivity contribution in [1.82, 2.24) is 14.8 Å². The first kappa shape index (κ1) is 13.4. The van der Waals surface area contributed by atoms with Gasteiger partial charge in [0, 0.05) is 11.8 Å². The number of nitrogens with one attached hydrogen (secondary N) is 1. The molecule has 3 rings (SSSR count). The van der Waals surface area contributed by atoms with Crippen LogP contribution < -0.4 is 5.32 Å². The first-order valence-electron chi connectivity index (χ1n) is 6.72. The van der Waals surface area contributed by atoms with Gasteiger partial charge in [0.05, 0.1) is 37.3 Å². The number of nitrogens with zero attached hydrogens (tertiary/aromatic N) is 3. The van der Waals surface area contributed by atoms with E-state index in [4.69, 9.17) is 9.52 Å². The van der Waals surface area contributed by atoms with Crippen LogP contribution in [0.25, 0.3) is 11.5 Å². The summed E-state index contributed by atoms with van der Waals surface area (Å²) in [7, 11) is 0. The van der Waals surface area contributed by atoms with Crippen LogP contribution in [-0.2, 0) is 13.1 Å². The van der Waals surface area contributed by atoms with E-state index < -0.39 is 0 Å². The fourth-order valence-electron chi connectivity index (χ4n) is 1.97. The molecular weight excluding hydrogens is 268 g/mol. The molecule has 0 radical (unpaired) electrons. The van der Waals surface area contributed by atoms with Crippen molar-refractivity contribution < 1.29 is 9.52 Å². The summed E-state index contributed by atoms with van der Waals surface area (Å²) in [6, 6.07) is 9.78. The highest BCUT2D eigenvalue weighted by atomic mass is 16.3. The molecule has 3 aromatic rings. The highest BCUT2D eigenvalue weighted by Gasteiger charge is 2.06. The van der Waals surface area contributed by atoms with Gasteiger partial charge in [0.2, 0.25) is 5.89 Å². The van der Waals surface area contributed by atoms with Crippen LogP contribution in [0.2, 0.25) is 0 Å². The van der Waals surface area contributed by atoms with Crippen molar-refractivity contribution in [2.24, 2.45) is 0 Å². The van der Waals surface area contributed by atoms with Crippen molar-refractivity contribution in [3.63, 3.8) is 0 Å². The minimum absolute atomic E-state index is 0.0742. The summed E-state index contributed by atoms with van der Waals surface area (Å²) in [5, 5.41) is 16.2. The molecule has 0 saturated carbocycles. The number of aliphatic hydroxyl groups is 1. The summed E-state index contributed by atoms with van der Waals surface area (Å²) in [5.74, 6) is 0.614. The van der Waals surface area contributed by atoms with E-state index in [2.05, 4.69) is 15.4 Å². The van der Waals surface area contributed by atoms with Gasteiger partial charge >= 0.3 is 0 Å². The average Bonchev–Trinajstić information content (AvgIpc) is 3.16. The summed E-state index contributed by atoms with van der Waals surface area (Å²) in [4.78, 5) is 4.44. The Morgan fingerprint density at radius 1 is 1.24 bits per heavy atom. The highest BCUT2D eigenvalue weighted by Crippen LogP contribution is 2.18. The number of anilines is 1. The molecule has 2 aromatic heterocycles. The molecule has 0 bridgehead atoms. The summed E-state index contributed by atoms with van der Waals surface area (Å²) in [6.45, 7) is 1.12. The fourth-order valence-corrected chi connectivity index (χ4v) is 1.97. The van der Waals surface area contributed by atoms with Crippen molar-refractivity contribution in [1.29, 1.82) is 0 Å². The number of aliphatic hydroxyl groups excluding tert-OH is 1. The Kier molecular flexibility index (Phi) is 3.97. The molecule has 0 fully saturated rings. The van der Waals surface area contributed by atoms with Gasteiger partial charge in [-0.1, -0.05) is 18.2 Å². The fraction of sp³-hybridized carbons (Fsp3) is 0.200. The van der Waals surface area contributed by atoms with Crippen molar-refractivity contribution in [2.75, 3.05) is 11.9 Å². The second-order valence-corrected chi connectivity index (χ2v) is 4.58. The lowest BCUT2D eigenvalue weighted by Crippen LogP contribution is -2.02. The van der Waals surface area contributed by atoms with Gasteiger partial charge in [-0.05, 0) is 12.1 Å². The predicted octanol–water partition coefficient (Wildman–Crippen LogP) is 2.14. The molecular formula is C15H16N4O2. The molecule has 0 spiro atoms. The monoisotopic (exact) mass is 284 g/mol. The molecule has 0 amide bonds. The van der Waals surface area contributed by atoms with Crippen LogP contribution in [0, 0.1) is 0 Å². The number of hydrogen-bond donors (Lipinski definition) is 2. The third kappa shape index (κ3) is 3.29. The number of oxazole rings is 1. The zero-order chi connectivity index (χ0) is 14.5. The second kappa shape index (κ2) is 6.23. The van der Waals surface area contributed by atoms with Crippen LogP contribution in [0.3, 0.4) is 0 Å². The van der Waals surface area contributed by atoms with E-state index in [0.717, 1.165) is 16.9 Å². The smallest absolute Gasteiger partial charge is 0.226 e. The Hall–Kier alpha value is -2.60. The molecule has 2 N–H and O–H groups in total. The lowest BCUT2D eigenvalue weighted by molar-refractivity contribution is 0.269. The zero-order valence-electron chi connectivity index (χ0n) is 11.4. The first-order valence-corrected chi connectivity index (χ1v) is 6.72. The number of aromatic nitrogens is 3. The Balaban J connectivity index is 1.62. The van der Waals surface area contributed by atoms with Gasteiger partial charge in [0.1, 0.15) is 6.26 Å².